The van der Waals surface area contributed by atoms with Crippen LogP contribution in [0.1, 0.15) is 36.8 Å². The second-order valence-electron chi connectivity index (χ2n) is 7.99. The van der Waals surface area contributed by atoms with Crippen LogP contribution >= 0.6 is 0 Å². The Kier molecular flexibility index (Phi) is 6.76. The molecule has 2 aromatic rings. The number of esters is 1. The first-order valence-corrected chi connectivity index (χ1v) is 10.1. The third-order valence-electron chi connectivity index (χ3n) is 5.95. The molecule has 0 aromatic heterocycles. The van der Waals surface area contributed by atoms with E-state index in [2.05, 4.69) is 0 Å². The van der Waals surface area contributed by atoms with Gasteiger partial charge in [-0.1, -0.05) is 24.3 Å². The van der Waals surface area contributed by atoms with Crippen molar-refractivity contribution in [3.63, 3.8) is 0 Å². The number of halogens is 6. The van der Waals surface area contributed by atoms with Gasteiger partial charge in [0.2, 0.25) is 5.41 Å². The number of aromatic hydroxyl groups is 1. The normalized spacial score (nSPS) is 19.7. The average Bonchev–Trinajstić information content (AvgIpc) is 2.74. The van der Waals surface area contributed by atoms with Crippen LogP contribution in [0.4, 0.5) is 26.3 Å². The molecule has 2 aromatic carbocycles. The summed E-state index contributed by atoms with van der Waals surface area (Å²) in [6.07, 6.45) is -8.88. The molecule has 0 atom stereocenters. The second kappa shape index (κ2) is 9.07. The smallest absolute Gasteiger partial charge is 0.411 e. The van der Waals surface area contributed by atoms with Crippen molar-refractivity contribution in [2.75, 3.05) is 0 Å². The molecule has 178 valence electrons. The first-order valence-electron chi connectivity index (χ1n) is 10.1. The highest BCUT2D eigenvalue weighted by Gasteiger charge is 2.72. The summed E-state index contributed by atoms with van der Waals surface area (Å²) >= 11 is 0. The van der Waals surface area contributed by atoms with E-state index in [4.69, 9.17) is 4.74 Å². The predicted octanol–water partition coefficient (Wildman–Crippen LogP) is 5.71. The Hall–Kier alpha value is -3.04. The van der Waals surface area contributed by atoms with Crippen molar-refractivity contribution in [3.8, 4) is 11.5 Å². The Morgan fingerprint density at radius 1 is 0.818 bits per heavy atom. The molecule has 0 radical (unpaired) electrons. The van der Waals surface area contributed by atoms with Crippen LogP contribution in [-0.4, -0.2) is 29.7 Å². The fourth-order valence-corrected chi connectivity index (χ4v) is 4.16. The van der Waals surface area contributed by atoms with Gasteiger partial charge in [-0.2, -0.15) is 26.3 Å². The van der Waals surface area contributed by atoms with Crippen LogP contribution in [0.2, 0.25) is 0 Å². The van der Waals surface area contributed by atoms with E-state index < -0.39 is 46.5 Å². The van der Waals surface area contributed by atoms with E-state index >= 15 is 0 Å². The summed E-state index contributed by atoms with van der Waals surface area (Å²) in [6, 6.07) is 5.65. The molecule has 10 heteroatoms. The SMILES string of the molecule is O=CC1CCC(C(=O)Oc2ccc(C(c3ccc(O)cc3)(C(F)(F)F)C(F)(F)F)cc2)CC1. The lowest BCUT2D eigenvalue weighted by Crippen LogP contribution is -2.54. The van der Waals surface area contributed by atoms with Gasteiger partial charge in [0.25, 0.3) is 0 Å². The van der Waals surface area contributed by atoms with Gasteiger partial charge in [0, 0.05) is 5.92 Å². The molecule has 0 aliphatic heterocycles. The third-order valence-corrected chi connectivity index (χ3v) is 5.95. The molecule has 0 saturated heterocycles. The van der Waals surface area contributed by atoms with Gasteiger partial charge < -0.3 is 14.6 Å². The molecular weight excluding hydrogens is 454 g/mol. The summed E-state index contributed by atoms with van der Waals surface area (Å²) in [5.41, 5.74) is -6.58. The molecular formula is C23H20F6O4. The lowest BCUT2D eigenvalue weighted by atomic mass is 9.73. The Balaban J connectivity index is 1.93. The molecule has 1 aliphatic rings. The molecule has 0 amide bonds. The fraction of sp³-hybridized carbons (Fsp3) is 0.391. The Morgan fingerprint density at radius 3 is 1.70 bits per heavy atom. The summed E-state index contributed by atoms with van der Waals surface area (Å²) in [6.45, 7) is 0. The molecule has 4 nitrogen and oxygen atoms in total. The van der Waals surface area contributed by atoms with Crippen molar-refractivity contribution in [1.82, 2.24) is 0 Å². The average molecular weight is 474 g/mol. The number of ether oxygens (including phenoxy) is 1. The minimum atomic E-state index is -5.77. The van der Waals surface area contributed by atoms with Crippen LogP contribution in [0, 0.1) is 11.8 Å². The summed E-state index contributed by atoms with van der Waals surface area (Å²) in [7, 11) is 0. The van der Waals surface area contributed by atoms with Crippen molar-refractivity contribution < 1.29 is 45.8 Å². The van der Waals surface area contributed by atoms with Crippen LogP contribution in [0.3, 0.4) is 0 Å². The van der Waals surface area contributed by atoms with Crippen molar-refractivity contribution in [1.29, 1.82) is 0 Å². The van der Waals surface area contributed by atoms with Gasteiger partial charge in [-0.25, -0.2) is 0 Å². The summed E-state index contributed by atoms with van der Waals surface area (Å²) in [5.74, 6) is -1.96. The predicted molar refractivity (Wildman–Crippen MR) is 105 cm³/mol. The first kappa shape index (κ1) is 24.6. The van der Waals surface area contributed by atoms with Gasteiger partial charge in [-0.3, -0.25) is 4.79 Å². The Labute approximate surface area is 185 Å². The van der Waals surface area contributed by atoms with E-state index in [1.165, 1.54) is 0 Å². The Morgan fingerprint density at radius 2 is 1.27 bits per heavy atom. The molecule has 3 rings (SSSR count). The molecule has 0 spiro atoms. The molecule has 1 N–H and O–H groups in total. The van der Waals surface area contributed by atoms with Crippen LogP contribution in [0.25, 0.3) is 0 Å². The standard InChI is InChI=1S/C23H20F6O4/c24-22(25,26)21(23(27,28)29,16-5-9-18(31)10-6-16)17-7-11-19(12-8-17)33-20(32)15-3-1-14(13-30)2-4-15/h5-15,31H,1-4H2. The highest BCUT2D eigenvalue weighted by Crippen LogP contribution is 2.56. The summed E-state index contributed by atoms with van der Waals surface area (Å²) < 4.78 is 89.5. The maximum absolute atomic E-state index is 14.1. The number of carbonyl (C=O) groups is 2. The van der Waals surface area contributed by atoms with Crippen LogP contribution in [0.15, 0.2) is 48.5 Å². The van der Waals surface area contributed by atoms with E-state index in [0.29, 0.717) is 49.9 Å². The molecule has 0 bridgehead atoms. The maximum Gasteiger partial charge on any atom is 0.411 e. The topological polar surface area (TPSA) is 63.6 Å². The number of aldehydes is 1. The maximum atomic E-state index is 14.1. The summed E-state index contributed by atoms with van der Waals surface area (Å²) in [5, 5.41) is 9.33. The van der Waals surface area contributed by atoms with Crippen molar-refractivity contribution >= 4 is 12.3 Å². The minimum absolute atomic E-state index is 0.133. The molecule has 0 unspecified atom stereocenters. The van der Waals surface area contributed by atoms with Gasteiger partial charge >= 0.3 is 18.3 Å². The molecule has 1 saturated carbocycles. The van der Waals surface area contributed by atoms with E-state index in [-0.39, 0.29) is 11.7 Å². The van der Waals surface area contributed by atoms with Crippen LogP contribution in [-0.2, 0) is 15.0 Å². The highest BCUT2D eigenvalue weighted by atomic mass is 19.4. The largest absolute Gasteiger partial charge is 0.508 e. The van der Waals surface area contributed by atoms with Crippen LogP contribution in [0.5, 0.6) is 11.5 Å². The van der Waals surface area contributed by atoms with Gasteiger partial charge in [-0.15, -0.1) is 0 Å². The highest BCUT2D eigenvalue weighted by molar-refractivity contribution is 5.75. The second-order valence-corrected chi connectivity index (χ2v) is 7.99. The number of benzene rings is 2. The number of carbonyl (C=O) groups excluding carboxylic acids is 2. The Bertz CT molecular complexity index is 958. The van der Waals surface area contributed by atoms with Crippen molar-refractivity contribution in [2.45, 2.75) is 43.5 Å². The zero-order chi connectivity index (χ0) is 24.4. The zero-order valence-electron chi connectivity index (χ0n) is 17.1. The lowest BCUT2D eigenvalue weighted by molar-refractivity contribution is -0.288. The van der Waals surface area contributed by atoms with Gasteiger partial charge in [0.05, 0.1) is 5.92 Å². The number of alkyl halides is 6. The number of phenolic OH excluding ortho intramolecular Hbond substituents is 1. The molecule has 1 aliphatic carbocycles. The lowest BCUT2D eigenvalue weighted by Gasteiger charge is -2.38. The van der Waals surface area contributed by atoms with Gasteiger partial charge in [0.15, 0.2) is 0 Å². The van der Waals surface area contributed by atoms with Gasteiger partial charge in [0.1, 0.15) is 17.8 Å². The number of rotatable bonds is 5. The summed E-state index contributed by atoms with van der Waals surface area (Å²) in [4.78, 5) is 23.1. The monoisotopic (exact) mass is 474 g/mol. The van der Waals surface area contributed by atoms with Gasteiger partial charge in [-0.05, 0) is 61.1 Å². The first-order chi connectivity index (χ1) is 15.4. The van der Waals surface area contributed by atoms with E-state index in [1.54, 1.807) is 0 Å². The van der Waals surface area contributed by atoms with E-state index in [9.17, 15) is 41.0 Å². The molecule has 1 fully saturated rings. The molecule has 33 heavy (non-hydrogen) atoms. The molecule has 0 heterocycles. The van der Waals surface area contributed by atoms with Crippen LogP contribution < -0.4 is 4.74 Å². The quantitative estimate of drug-likeness (QED) is 0.261. The van der Waals surface area contributed by atoms with Crippen molar-refractivity contribution in [2.24, 2.45) is 11.8 Å². The van der Waals surface area contributed by atoms with E-state index in [0.717, 1.165) is 30.6 Å². The fourth-order valence-electron chi connectivity index (χ4n) is 4.16. The zero-order valence-corrected chi connectivity index (χ0v) is 17.1. The van der Waals surface area contributed by atoms with Crippen molar-refractivity contribution in [3.05, 3.63) is 59.7 Å². The number of phenols is 1. The van der Waals surface area contributed by atoms with E-state index in [1.807, 2.05) is 0 Å². The minimum Gasteiger partial charge on any atom is -0.508 e. The number of hydrogen-bond acceptors (Lipinski definition) is 4. The third kappa shape index (κ3) is 4.69. The number of hydrogen-bond donors (Lipinski definition) is 1.